The van der Waals surface area contributed by atoms with Crippen LogP contribution in [0.1, 0.15) is 11.6 Å². The summed E-state index contributed by atoms with van der Waals surface area (Å²) < 4.78 is 6.16. The van der Waals surface area contributed by atoms with Crippen molar-refractivity contribution in [3.05, 3.63) is 58.6 Å². The summed E-state index contributed by atoms with van der Waals surface area (Å²) in [6.45, 7) is 0. The fourth-order valence-electron chi connectivity index (χ4n) is 1.93. The Morgan fingerprint density at radius 1 is 1.25 bits per heavy atom. The summed E-state index contributed by atoms with van der Waals surface area (Å²) in [4.78, 5) is 11.8. The molecule has 0 fully saturated rings. The van der Waals surface area contributed by atoms with Crippen LogP contribution in [0.25, 0.3) is 0 Å². The van der Waals surface area contributed by atoms with Crippen molar-refractivity contribution < 1.29 is 9.53 Å². The first kappa shape index (κ1) is 14.4. The zero-order chi connectivity index (χ0) is 14.5. The van der Waals surface area contributed by atoms with E-state index < -0.39 is 11.9 Å². The molecule has 0 saturated carbocycles. The van der Waals surface area contributed by atoms with Crippen LogP contribution in [0.4, 0.5) is 5.69 Å². The number of hydrogen-bond acceptors (Lipinski definition) is 3. The quantitative estimate of drug-likeness (QED) is 0.883. The van der Waals surface area contributed by atoms with Gasteiger partial charge in [-0.15, -0.1) is 0 Å². The summed E-state index contributed by atoms with van der Waals surface area (Å²) in [5, 5.41) is 3.12. The molecule has 0 radical (unpaired) electrons. The monoisotopic (exact) mass is 334 g/mol. The molecule has 0 bridgehead atoms. The van der Waals surface area contributed by atoms with Gasteiger partial charge in [0.05, 0.1) is 7.11 Å². The van der Waals surface area contributed by atoms with E-state index in [1.54, 1.807) is 13.2 Å². The average molecular weight is 335 g/mol. The highest BCUT2D eigenvalue weighted by molar-refractivity contribution is 9.10. The Morgan fingerprint density at radius 3 is 2.55 bits per heavy atom. The van der Waals surface area contributed by atoms with E-state index >= 15 is 0 Å². The minimum Gasteiger partial charge on any atom is -0.496 e. The maximum absolute atomic E-state index is 11.8. The molecule has 0 spiro atoms. The molecule has 0 aliphatic rings. The lowest BCUT2D eigenvalue weighted by Gasteiger charge is -2.19. The maximum Gasteiger partial charge on any atom is 0.244 e. The number of methoxy groups -OCH3 is 1. The molecule has 0 heterocycles. The van der Waals surface area contributed by atoms with Crippen molar-refractivity contribution in [3.8, 4) is 5.75 Å². The molecule has 3 N–H and O–H groups in total. The summed E-state index contributed by atoms with van der Waals surface area (Å²) in [5.74, 6) is 0.144. The Morgan fingerprint density at radius 2 is 1.95 bits per heavy atom. The van der Waals surface area contributed by atoms with Crippen molar-refractivity contribution in [3.63, 3.8) is 0 Å². The van der Waals surface area contributed by atoms with Crippen LogP contribution < -0.4 is 15.8 Å². The minimum atomic E-state index is -0.662. The number of para-hydroxylation sites is 1. The second-order valence-electron chi connectivity index (χ2n) is 4.23. The van der Waals surface area contributed by atoms with Gasteiger partial charge in [-0.2, -0.15) is 0 Å². The zero-order valence-electron chi connectivity index (χ0n) is 11.0. The number of anilines is 1. The van der Waals surface area contributed by atoms with E-state index in [2.05, 4.69) is 21.2 Å². The first-order valence-corrected chi connectivity index (χ1v) is 6.85. The van der Waals surface area contributed by atoms with E-state index in [4.69, 9.17) is 10.5 Å². The summed E-state index contributed by atoms with van der Waals surface area (Å²) in [6.07, 6.45) is 0. The summed E-state index contributed by atoms with van der Waals surface area (Å²) in [7, 11) is 1.56. The third kappa shape index (κ3) is 3.30. The number of nitrogens with one attached hydrogen (secondary N) is 1. The predicted molar refractivity (Wildman–Crippen MR) is 82.7 cm³/mol. The Hall–Kier alpha value is -2.01. The van der Waals surface area contributed by atoms with Crippen molar-refractivity contribution in [1.29, 1.82) is 0 Å². The number of rotatable bonds is 5. The topological polar surface area (TPSA) is 64.3 Å². The second-order valence-corrected chi connectivity index (χ2v) is 5.15. The van der Waals surface area contributed by atoms with Crippen LogP contribution in [0.2, 0.25) is 0 Å². The fourth-order valence-corrected chi connectivity index (χ4v) is 2.31. The van der Waals surface area contributed by atoms with Crippen molar-refractivity contribution in [2.24, 2.45) is 5.73 Å². The average Bonchev–Trinajstić information content (AvgIpc) is 2.45. The molecule has 1 atom stereocenters. The van der Waals surface area contributed by atoms with Gasteiger partial charge in [-0.05, 0) is 30.3 Å². The number of primary amides is 1. The summed E-state index contributed by atoms with van der Waals surface area (Å²) in [6, 6.07) is 14.2. The Labute approximate surface area is 126 Å². The van der Waals surface area contributed by atoms with Gasteiger partial charge in [-0.1, -0.05) is 34.1 Å². The molecule has 0 aromatic heterocycles. The van der Waals surface area contributed by atoms with Gasteiger partial charge in [0.25, 0.3) is 0 Å². The number of nitrogens with two attached hydrogens (primary N) is 1. The molecule has 1 unspecified atom stereocenters. The largest absolute Gasteiger partial charge is 0.496 e. The molecule has 20 heavy (non-hydrogen) atoms. The number of amides is 1. The lowest BCUT2D eigenvalue weighted by Crippen LogP contribution is -2.28. The first-order chi connectivity index (χ1) is 9.61. The van der Waals surface area contributed by atoms with Crippen LogP contribution in [0.3, 0.4) is 0 Å². The van der Waals surface area contributed by atoms with Crippen LogP contribution in [-0.4, -0.2) is 13.0 Å². The highest BCUT2D eigenvalue weighted by atomic mass is 79.9. The van der Waals surface area contributed by atoms with Crippen LogP contribution >= 0.6 is 15.9 Å². The summed E-state index contributed by atoms with van der Waals surface area (Å²) >= 11 is 3.39. The maximum atomic E-state index is 11.8. The van der Waals surface area contributed by atoms with Gasteiger partial charge in [0, 0.05) is 15.7 Å². The highest BCUT2D eigenvalue weighted by Gasteiger charge is 2.21. The lowest BCUT2D eigenvalue weighted by molar-refractivity contribution is -0.118. The fraction of sp³-hybridized carbons (Fsp3) is 0.133. The van der Waals surface area contributed by atoms with E-state index in [-0.39, 0.29) is 0 Å². The molecular weight excluding hydrogens is 320 g/mol. The lowest BCUT2D eigenvalue weighted by atomic mass is 10.0. The first-order valence-electron chi connectivity index (χ1n) is 6.06. The van der Waals surface area contributed by atoms with Crippen molar-refractivity contribution in [2.75, 3.05) is 12.4 Å². The Balaban J connectivity index is 2.38. The third-order valence-electron chi connectivity index (χ3n) is 2.87. The standard InChI is InChI=1S/C15H15BrN2O2/c1-20-13-8-7-10(16)9-12(13)14(15(17)19)18-11-5-3-2-4-6-11/h2-9,14,18H,1H3,(H2,17,19). The van der Waals surface area contributed by atoms with Crippen molar-refractivity contribution >= 4 is 27.5 Å². The number of carbonyl (C=O) groups excluding carboxylic acids is 1. The minimum absolute atomic E-state index is 0.467. The van der Waals surface area contributed by atoms with Crippen molar-refractivity contribution in [2.45, 2.75) is 6.04 Å². The number of hydrogen-bond donors (Lipinski definition) is 2. The molecule has 4 nitrogen and oxygen atoms in total. The number of carbonyl (C=O) groups is 1. The van der Waals surface area contributed by atoms with Gasteiger partial charge in [-0.25, -0.2) is 0 Å². The summed E-state index contributed by atoms with van der Waals surface area (Å²) in [5.41, 5.74) is 7.03. The highest BCUT2D eigenvalue weighted by Crippen LogP contribution is 2.30. The van der Waals surface area contributed by atoms with Crippen LogP contribution in [0.5, 0.6) is 5.75 Å². The molecule has 104 valence electrons. The molecule has 1 amide bonds. The Bertz CT molecular complexity index is 602. The van der Waals surface area contributed by atoms with E-state index in [0.29, 0.717) is 11.3 Å². The van der Waals surface area contributed by atoms with E-state index in [0.717, 1.165) is 10.2 Å². The van der Waals surface area contributed by atoms with Crippen molar-refractivity contribution in [1.82, 2.24) is 0 Å². The van der Waals surface area contributed by atoms with Gasteiger partial charge in [0.15, 0.2) is 0 Å². The molecule has 2 aromatic rings. The third-order valence-corrected chi connectivity index (χ3v) is 3.37. The smallest absolute Gasteiger partial charge is 0.244 e. The second kappa shape index (κ2) is 6.43. The SMILES string of the molecule is COc1ccc(Br)cc1C(Nc1ccccc1)C(N)=O. The zero-order valence-corrected chi connectivity index (χ0v) is 12.6. The molecular formula is C15H15BrN2O2. The van der Waals surface area contributed by atoms with Crippen LogP contribution in [-0.2, 0) is 4.79 Å². The van der Waals surface area contributed by atoms with Gasteiger partial charge in [0.1, 0.15) is 11.8 Å². The molecule has 5 heteroatoms. The van der Waals surface area contributed by atoms with Gasteiger partial charge in [-0.3, -0.25) is 4.79 Å². The van der Waals surface area contributed by atoms with E-state index in [9.17, 15) is 4.79 Å². The van der Waals surface area contributed by atoms with Crippen LogP contribution in [0, 0.1) is 0 Å². The number of benzene rings is 2. The molecule has 0 aliphatic carbocycles. The van der Waals surface area contributed by atoms with Gasteiger partial charge in [0.2, 0.25) is 5.91 Å². The van der Waals surface area contributed by atoms with Gasteiger partial charge >= 0.3 is 0 Å². The van der Waals surface area contributed by atoms with Crippen LogP contribution in [0.15, 0.2) is 53.0 Å². The molecule has 0 saturated heterocycles. The predicted octanol–water partition coefficient (Wildman–Crippen LogP) is 3.10. The number of halogens is 1. The molecule has 2 rings (SSSR count). The normalized spacial score (nSPS) is 11.7. The van der Waals surface area contributed by atoms with E-state index in [1.807, 2.05) is 42.5 Å². The van der Waals surface area contributed by atoms with E-state index in [1.165, 1.54) is 0 Å². The number of ether oxygens (including phenoxy) is 1. The molecule has 0 aliphatic heterocycles. The van der Waals surface area contributed by atoms with Gasteiger partial charge < -0.3 is 15.8 Å². The molecule has 2 aromatic carbocycles. The Kier molecular flexibility index (Phi) is 4.63.